The Morgan fingerprint density at radius 3 is 1.73 bits per heavy atom. The van der Waals surface area contributed by atoms with E-state index in [4.69, 9.17) is 4.98 Å². The van der Waals surface area contributed by atoms with Crippen molar-refractivity contribution in [1.29, 1.82) is 0 Å². The molecule has 2 heterocycles. The standard InChI is InChI=1S/C60H38N2S2/c1-3-15-39(16-4-1)40-27-32-45(33-28-40)62(46-34-30-44(31-35-46)60(43-18-5-2-6-19-43)51-23-11-9-21-48(51)49-22-10-12-24-52(49)60)54-38-42(59-61-53-25-13-14-26-55(53)64-59)37-50-57-47-20-8-7-17-41(47)29-36-56(57)63-58(50)54/h1-38H. The van der Waals surface area contributed by atoms with Gasteiger partial charge in [-0.2, -0.15) is 0 Å². The first kappa shape index (κ1) is 37.0. The molecule has 0 N–H and O–H groups in total. The van der Waals surface area contributed by atoms with Crippen molar-refractivity contribution < 1.29 is 0 Å². The van der Waals surface area contributed by atoms with Crippen molar-refractivity contribution in [1.82, 2.24) is 4.98 Å². The maximum Gasteiger partial charge on any atom is 0.124 e. The molecule has 0 atom stereocenters. The van der Waals surface area contributed by atoms with Gasteiger partial charge in [-0.25, -0.2) is 4.98 Å². The predicted molar refractivity (Wildman–Crippen MR) is 273 cm³/mol. The molecule has 2 nitrogen and oxygen atoms in total. The molecule has 0 fully saturated rings. The van der Waals surface area contributed by atoms with Crippen molar-refractivity contribution >= 4 is 80.9 Å². The second kappa shape index (κ2) is 14.7. The molecule has 13 rings (SSSR count). The summed E-state index contributed by atoms with van der Waals surface area (Å²) in [5.41, 5.74) is 15.0. The fraction of sp³-hybridized carbons (Fsp3) is 0.0167. The van der Waals surface area contributed by atoms with Crippen LogP contribution in [0.1, 0.15) is 22.3 Å². The van der Waals surface area contributed by atoms with Gasteiger partial charge in [0, 0.05) is 32.4 Å². The Labute approximate surface area is 379 Å². The van der Waals surface area contributed by atoms with Gasteiger partial charge in [-0.3, -0.25) is 0 Å². The van der Waals surface area contributed by atoms with E-state index in [0.29, 0.717) is 0 Å². The normalized spacial score (nSPS) is 12.8. The lowest BCUT2D eigenvalue weighted by atomic mass is 9.68. The Hall–Kier alpha value is -7.63. The highest BCUT2D eigenvalue weighted by Gasteiger charge is 2.45. The van der Waals surface area contributed by atoms with Gasteiger partial charge in [0.05, 0.1) is 26.0 Å². The largest absolute Gasteiger partial charge is 0.309 e. The molecular weight excluding hydrogens is 813 g/mol. The Kier molecular flexibility index (Phi) is 8.52. The molecule has 0 unspecified atom stereocenters. The topological polar surface area (TPSA) is 16.1 Å². The minimum absolute atomic E-state index is 0.484. The molecule has 0 aliphatic heterocycles. The second-order valence-electron chi connectivity index (χ2n) is 16.6. The third kappa shape index (κ3) is 5.66. The van der Waals surface area contributed by atoms with E-state index in [1.54, 1.807) is 11.3 Å². The Balaban J connectivity index is 1.07. The molecule has 1 aliphatic carbocycles. The van der Waals surface area contributed by atoms with Crippen LogP contribution in [0.3, 0.4) is 0 Å². The lowest BCUT2D eigenvalue weighted by Gasteiger charge is -2.34. The summed E-state index contributed by atoms with van der Waals surface area (Å²) in [6.45, 7) is 0. The Morgan fingerprint density at radius 1 is 0.406 bits per heavy atom. The predicted octanol–water partition coefficient (Wildman–Crippen LogP) is 17.0. The smallest absolute Gasteiger partial charge is 0.124 e. The fourth-order valence-electron chi connectivity index (χ4n) is 10.3. The van der Waals surface area contributed by atoms with E-state index in [-0.39, 0.29) is 0 Å². The summed E-state index contributed by atoms with van der Waals surface area (Å²) in [4.78, 5) is 7.71. The molecule has 1 aliphatic rings. The number of aromatic nitrogens is 1. The van der Waals surface area contributed by atoms with Crippen LogP contribution in [0, 0.1) is 0 Å². The number of benzene rings is 10. The van der Waals surface area contributed by atoms with Gasteiger partial charge in [-0.1, -0.05) is 176 Å². The highest BCUT2D eigenvalue weighted by molar-refractivity contribution is 7.26. The zero-order valence-corrected chi connectivity index (χ0v) is 36.3. The third-order valence-electron chi connectivity index (χ3n) is 13.2. The average molecular weight is 851 g/mol. The molecule has 12 aromatic rings. The first-order valence-electron chi connectivity index (χ1n) is 21.8. The number of thiazole rings is 1. The number of hydrogen-bond donors (Lipinski definition) is 0. The lowest BCUT2D eigenvalue weighted by Crippen LogP contribution is -2.28. The SMILES string of the molecule is c1ccc(-c2ccc(N(c3ccc(C4(c5ccccc5)c5ccccc5-c5ccccc54)cc3)c3cc(-c4nc5ccccc5s4)cc4c3sc3ccc5ccccc5c34)cc2)cc1. The fourth-order valence-corrected chi connectivity index (χ4v) is 12.5. The van der Waals surface area contributed by atoms with E-state index in [1.165, 1.54) is 80.2 Å². The third-order valence-corrected chi connectivity index (χ3v) is 15.5. The summed E-state index contributed by atoms with van der Waals surface area (Å²) < 4.78 is 3.70. The van der Waals surface area contributed by atoms with Crippen LogP contribution in [0.4, 0.5) is 17.1 Å². The minimum atomic E-state index is -0.484. The quantitative estimate of drug-likeness (QED) is 0.159. The van der Waals surface area contributed by atoms with Gasteiger partial charge < -0.3 is 4.90 Å². The van der Waals surface area contributed by atoms with Crippen LogP contribution in [0.25, 0.3) is 74.0 Å². The van der Waals surface area contributed by atoms with Gasteiger partial charge in [0.2, 0.25) is 0 Å². The van der Waals surface area contributed by atoms with E-state index >= 15 is 0 Å². The zero-order valence-electron chi connectivity index (χ0n) is 34.7. The number of nitrogens with zero attached hydrogens (tertiary/aromatic N) is 2. The number of fused-ring (bicyclic) bond motifs is 9. The van der Waals surface area contributed by atoms with Crippen LogP contribution >= 0.6 is 22.7 Å². The molecule has 0 spiro atoms. The summed E-state index contributed by atoms with van der Waals surface area (Å²) in [6, 6.07) is 84.8. The van der Waals surface area contributed by atoms with Crippen LogP contribution in [0.2, 0.25) is 0 Å². The van der Waals surface area contributed by atoms with Crippen molar-refractivity contribution in [2.75, 3.05) is 4.90 Å². The number of anilines is 3. The summed E-state index contributed by atoms with van der Waals surface area (Å²) in [6.07, 6.45) is 0. The molecule has 0 radical (unpaired) electrons. The van der Waals surface area contributed by atoms with Crippen LogP contribution < -0.4 is 4.90 Å². The molecule has 4 heteroatoms. The number of para-hydroxylation sites is 1. The van der Waals surface area contributed by atoms with Gasteiger partial charge >= 0.3 is 0 Å². The molecule has 0 saturated heterocycles. The number of hydrogen-bond acceptors (Lipinski definition) is 4. The van der Waals surface area contributed by atoms with E-state index in [9.17, 15) is 0 Å². The maximum absolute atomic E-state index is 5.24. The lowest BCUT2D eigenvalue weighted by molar-refractivity contribution is 0.768. The molecular formula is C60H38N2S2. The summed E-state index contributed by atoms with van der Waals surface area (Å²) in [7, 11) is 0. The summed E-state index contributed by atoms with van der Waals surface area (Å²) >= 11 is 3.63. The molecule has 0 bridgehead atoms. The monoisotopic (exact) mass is 850 g/mol. The van der Waals surface area contributed by atoms with Gasteiger partial charge in [0.25, 0.3) is 0 Å². The minimum Gasteiger partial charge on any atom is -0.309 e. The van der Waals surface area contributed by atoms with Crippen LogP contribution in [-0.4, -0.2) is 4.98 Å². The second-order valence-corrected chi connectivity index (χ2v) is 18.7. The first-order chi connectivity index (χ1) is 31.7. The summed E-state index contributed by atoms with van der Waals surface area (Å²) in [5, 5.41) is 6.06. The Bertz CT molecular complexity index is 3640. The van der Waals surface area contributed by atoms with Crippen LogP contribution in [-0.2, 0) is 5.41 Å². The van der Waals surface area contributed by atoms with Crippen LogP contribution in [0.5, 0.6) is 0 Å². The number of thiophene rings is 1. The number of rotatable bonds is 7. The molecule has 10 aromatic carbocycles. The summed E-state index contributed by atoms with van der Waals surface area (Å²) in [5.74, 6) is 0. The highest BCUT2D eigenvalue weighted by Crippen LogP contribution is 2.57. The van der Waals surface area contributed by atoms with E-state index in [2.05, 4.69) is 235 Å². The average Bonchev–Trinajstić information content (AvgIpc) is 4.07. The molecule has 0 saturated carbocycles. The van der Waals surface area contributed by atoms with Gasteiger partial charge in [0.1, 0.15) is 5.01 Å². The van der Waals surface area contributed by atoms with Gasteiger partial charge in [-0.15, -0.1) is 22.7 Å². The van der Waals surface area contributed by atoms with Crippen LogP contribution in [0.15, 0.2) is 231 Å². The van der Waals surface area contributed by atoms with Crippen molar-refractivity contribution in [2.24, 2.45) is 0 Å². The van der Waals surface area contributed by atoms with Gasteiger partial charge in [0.15, 0.2) is 0 Å². The van der Waals surface area contributed by atoms with Gasteiger partial charge in [-0.05, 0) is 110 Å². The Morgan fingerprint density at radius 2 is 1.00 bits per heavy atom. The molecule has 2 aromatic heterocycles. The first-order valence-corrected chi connectivity index (χ1v) is 23.4. The van der Waals surface area contributed by atoms with Crippen molar-refractivity contribution in [3.8, 4) is 32.8 Å². The van der Waals surface area contributed by atoms with E-state index in [1.807, 2.05) is 11.3 Å². The molecule has 0 amide bonds. The highest BCUT2D eigenvalue weighted by atomic mass is 32.1. The zero-order chi connectivity index (χ0) is 42.2. The van der Waals surface area contributed by atoms with Crippen molar-refractivity contribution in [2.45, 2.75) is 5.41 Å². The van der Waals surface area contributed by atoms with Crippen molar-refractivity contribution in [3.05, 3.63) is 253 Å². The van der Waals surface area contributed by atoms with E-state index < -0.39 is 5.41 Å². The molecule has 64 heavy (non-hydrogen) atoms. The van der Waals surface area contributed by atoms with E-state index in [0.717, 1.165) is 33.1 Å². The van der Waals surface area contributed by atoms with Crippen molar-refractivity contribution in [3.63, 3.8) is 0 Å². The maximum atomic E-state index is 5.24. The molecule has 300 valence electrons.